The third-order valence-electron chi connectivity index (χ3n) is 3.23. The summed E-state index contributed by atoms with van der Waals surface area (Å²) in [6.07, 6.45) is 2.55. The molecule has 0 amide bonds. The van der Waals surface area contributed by atoms with E-state index in [4.69, 9.17) is 16.4 Å². The zero-order valence-electron chi connectivity index (χ0n) is 13.1. The van der Waals surface area contributed by atoms with Crippen molar-refractivity contribution < 1.29 is 9.23 Å². The van der Waals surface area contributed by atoms with Gasteiger partial charge in [0.05, 0.1) is 12.4 Å². The van der Waals surface area contributed by atoms with Crippen LogP contribution in [-0.2, 0) is 6.54 Å². The van der Waals surface area contributed by atoms with E-state index < -0.39 is 5.82 Å². The van der Waals surface area contributed by atoms with E-state index in [9.17, 15) is 4.39 Å². The van der Waals surface area contributed by atoms with Gasteiger partial charge in [-0.25, -0.2) is 4.39 Å². The predicted molar refractivity (Wildman–Crippen MR) is 95.4 cm³/mol. The molecule has 0 aliphatic carbocycles. The second-order valence-electron chi connectivity index (χ2n) is 5.07. The standard InChI is InChI=1S/C18H14ClFN4O/c19-15-8-6-14(7-9-15)10-21-17-16(20)12-22-18(24-17)25-23-11-13-4-2-1-3-5-13/h1-9,11-12H,10H2,(H,21,22,24)/b23-11+. The highest BCUT2D eigenvalue weighted by molar-refractivity contribution is 6.30. The molecule has 0 aliphatic heterocycles. The van der Waals surface area contributed by atoms with Crippen LogP contribution in [0, 0.1) is 5.82 Å². The molecule has 5 nitrogen and oxygen atoms in total. The molecule has 0 radical (unpaired) electrons. The topological polar surface area (TPSA) is 59.4 Å². The van der Waals surface area contributed by atoms with Gasteiger partial charge in [0, 0.05) is 11.6 Å². The molecule has 0 bridgehead atoms. The lowest BCUT2D eigenvalue weighted by atomic mass is 10.2. The second kappa shape index (κ2) is 8.21. The third-order valence-corrected chi connectivity index (χ3v) is 3.48. The predicted octanol–water partition coefficient (Wildman–Crippen LogP) is 4.29. The van der Waals surface area contributed by atoms with Gasteiger partial charge in [-0.1, -0.05) is 59.2 Å². The molecule has 3 aromatic rings. The van der Waals surface area contributed by atoms with E-state index in [0.29, 0.717) is 11.6 Å². The van der Waals surface area contributed by atoms with Crippen molar-refractivity contribution in [3.63, 3.8) is 0 Å². The maximum atomic E-state index is 13.8. The molecular weight excluding hydrogens is 343 g/mol. The van der Waals surface area contributed by atoms with Crippen LogP contribution >= 0.6 is 11.6 Å². The molecule has 1 aromatic heterocycles. The van der Waals surface area contributed by atoms with E-state index in [1.165, 1.54) is 6.21 Å². The SMILES string of the molecule is Fc1cnc(O/N=C/c2ccccc2)nc1NCc1ccc(Cl)cc1. The van der Waals surface area contributed by atoms with Gasteiger partial charge < -0.3 is 10.2 Å². The summed E-state index contributed by atoms with van der Waals surface area (Å²) in [7, 11) is 0. The number of hydrogen-bond donors (Lipinski definition) is 1. The third kappa shape index (κ3) is 4.99. The summed E-state index contributed by atoms with van der Waals surface area (Å²) < 4.78 is 13.8. The van der Waals surface area contributed by atoms with Crippen molar-refractivity contribution in [3.05, 3.63) is 82.8 Å². The minimum atomic E-state index is -0.576. The van der Waals surface area contributed by atoms with Gasteiger partial charge >= 0.3 is 6.01 Å². The molecule has 0 saturated carbocycles. The fourth-order valence-electron chi connectivity index (χ4n) is 1.98. The van der Waals surface area contributed by atoms with Crippen LogP contribution in [0.15, 0.2) is 65.9 Å². The number of hydrogen-bond acceptors (Lipinski definition) is 5. The summed E-state index contributed by atoms with van der Waals surface area (Å²) >= 11 is 5.84. The van der Waals surface area contributed by atoms with Crippen molar-refractivity contribution in [1.29, 1.82) is 0 Å². The zero-order chi connectivity index (χ0) is 17.5. The van der Waals surface area contributed by atoms with Gasteiger partial charge in [0.15, 0.2) is 11.6 Å². The van der Waals surface area contributed by atoms with E-state index in [1.807, 2.05) is 42.5 Å². The van der Waals surface area contributed by atoms with Gasteiger partial charge in [0.25, 0.3) is 0 Å². The van der Waals surface area contributed by atoms with Gasteiger partial charge in [-0.15, -0.1) is 0 Å². The first-order chi connectivity index (χ1) is 12.2. The Morgan fingerprint density at radius 1 is 1.12 bits per heavy atom. The van der Waals surface area contributed by atoms with Crippen molar-refractivity contribution in [2.45, 2.75) is 6.54 Å². The lowest BCUT2D eigenvalue weighted by molar-refractivity contribution is 0.314. The Morgan fingerprint density at radius 3 is 2.64 bits per heavy atom. The molecule has 1 N–H and O–H groups in total. The molecular formula is C18H14ClFN4O. The zero-order valence-corrected chi connectivity index (χ0v) is 13.8. The van der Waals surface area contributed by atoms with Crippen molar-refractivity contribution in [2.24, 2.45) is 5.16 Å². The Bertz CT molecular complexity index is 857. The van der Waals surface area contributed by atoms with Gasteiger partial charge in [-0.2, -0.15) is 9.97 Å². The quantitative estimate of drug-likeness (QED) is 0.528. The number of aromatic nitrogens is 2. The number of benzene rings is 2. The van der Waals surface area contributed by atoms with E-state index in [1.54, 1.807) is 12.1 Å². The molecule has 0 unspecified atom stereocenters. The molecule has 2 aromatic carbocycles. The van der Waals surface area contributed by atoms with Crippen molar-refractivity contribution in [2.75, 3.05) is 5.32 Å². The van der Waals surface area contributed by atoms with E-state index in [-0.39, 0.29) is 11.8 Å². The van der Waals surface area contributed by atoms with Gasteiger partial charge in [0.1, 0.15) is 0 Å². The smallest absolute Gasteiger partial charge is 0.347 e. The van der Waals surface area contributed by atoms with Crippen LogP contribution in [0.3, 0.4) is 0 Å². The first kappa shape index (κ1) is 16.9. The van der Waals surface area contributed by atoms with Crippen LogP contribution in [-0.4, -0.2) is 16.2 Å². The minimum Gasteiger partial charge on any atom is -0.363 e. The summed E-state index contributed by atoms with van der Waals surface area (Å²) in [5, 5.41) is 7.33. The molecule has 0 atom stereocenters. The Morgan fingerprint density at radius 2 is 1.88 bits per heavy atom. The number of nitrogens with zero attached hydrogens (tertiary/aromatic N) is 3. The van der Waals surface area contributed by atoms with Crippen LogP contribution in [0.2, 0.25) is 5.02 Å². The van der Waals surface area contributed by atoms with Crippen LogP contribution in [0.5, 0.6) is 6.01 Å². The molecule has 0 saturated heterocycles. The second-order valence-corrected chi connectivity index (χ2v) is 5.50. The molecule has 1 heterocycles. The lowest BCUT2D eigenvalue weighted by Gasteiger charge is -2.07. The summed E-state index contributed by atoms with van der Waals surface area (Å²) in [6, 6.07) is 16.6. The highest BCUT2D eigenvalue weighted by atomic mass is 35.5. The number of nitrogens with one attached hydrogen (secondary N) is 1. The maximum Gasteiger partial charge on any atom is 0.347 e. The number of halogens is 2. The van der Waals surface area contributed by atoms with E-state index in [2.05, 4.69) is 20.4 Å². The molecule has 3 rings (SSSR count). The fraction of sp³-hybridized carbons (Fsp3) is 0.0556. The lowest BCUT2D eigenvalue weighted by Crippen LogP contribution is -2.05. The van der Waals surface area contributed by atoms with Crippen molar-refractivity contribution in [3.8, 4) is 6.01 Å². The summed E-state index contributed by atoms with van der Waals surface area (Å²) in [4.78, 5) is 12.8. The van der Waals surface area contributed by atoms with Crippen molar-refractivity contribution in [1.82, 2.24) is 9.97 Å². The Kier molecular flexibility index (Phi) is 5.53. The maximum absolute atomic E-state index is 13.8. The Balaban J connectivity index is 1.63. The van der Waals surface area contributed by atoms with Gasteiger partial charge in [-0.3, -0.25) is 0 Å². The first-order valence-corrected chi connectivity index (χ1v) is 7.85. The van der Waals surface area contributed by atoms with Crippen LogP contribution < -0.4 is 10.2 Å². The summed E-state index contributed by atoms with van der Waals surface area (Å²) in [5.74, 6) is -0.539. The van der Waals surface area contributed by atoms with Crippen LogP contribution in [0.4, 0.5) is 10.2 Å². The van der Waals surface area contributed by atoms with Crippen LogP contribution in [0.1, 0.15) is 11.1 Å². The van der Waals surface area contributed by atoms with Crippen molar-refractivity contribution >= 4 is 23.6 Å². The number of oxime groups is 1. The summed E-state index contributed by atoms with van der Waals surface area (Å²) in [6.45, 7) is 0.387. The van der Waals surface area contributed by atoms with Gasteiger partial charge in [-0.05, 0) is 23.3 Å². The van der Waals surface area contributed by atoms with E-state index in [0.717, 1.165) is 17.3 Å². The first-order valence-electron chi connectivity index (χ1n) is 7.47. The molecule has 0 aliphatic rings. The Hall–Kier alpha value is -2.99. The largest absolute Gasteiger partial charge is 0.363 e. The summed E-state index contributed by atoms with van der Waals surface area (Å²) in [5.41, 5.74) is 1.80. The highest BCUT2D eigenvalue weighted by Crippen LogP contribution is 2.16. The molecule has 126 valence electrons. The monoisotopic (exact) mass is 356 g/mol. The van der Waals surface area contributed by atoms with Crippen LogP contribution in [0.25, 0.3) is 0 Å². The molecule has 0 spiro atoms. The minimum absolute atomic E-state index is 0.0369. The fourth-order valence-corrected chi connectivity index (χ4v) is 2.11. The van der Waals surface area contributed by atoms with Gasteiger partial charge in [0.2, 0.25) is 0 Å². The number of anilines is 1. The molecule has 7 heteroatoms. The highest BCUT2D eigenvalue weighted by Gasteiger charge is 2.08. The average molecular weight is 357 g/mol. The molecule has 0 fully saturated rings. The van der Waals surface area contributed by atoms with E-state index >= 15 is 0 Å². The molecule has 25 heavy (non-hydrogen) atoms. The number of rotatable bonds is 6. The average Bonchev–Trinajstić information content (AvgIpc) is 2.64. The Labute approximate surface area is 149 Å². The normalized spacial score (nSPS) is 10.8.